The smallest absolute Gasteiger partial charge is 0.335 e. The molecule has 1 aromatic rings. The molecular formula is C16H21NO3. The van der Waals surface area contributed by atoms with Crippen LogP contribution in [0.4, 0.5) is 0 Å². The first kappa shape index (κ1) is 14.6. The van der Waals surface area contributed by atoms with Crippen LogP contribution in [-0.2, 0) is 11.3 Å². The number of hydrogen-bond acceptors (Lipinski definition) is 2. The molecule has 1 aliphatic rings. The number of carbonyl (C=O) groups is 2. The summed E-state index contributed by atoms with van der Waals surface area (Å²) in [5, 5.41) is 11.8. The quantitative estimate of drug-likeness (QED) is 0.887. The van der Waals surface area contributed by atoms with E-state index < -0.39 is 5.97 Å². The number of hydrogen-bond donors (Lipinski definition) is 2. The van der Waals surface area contributed by atoms with Gasteiger partial charge in [-0.15, -0.1) is 0 Å². The van der Waals surface area contributed by atoms with Crippen LogP contribution in [0.2, 0.25) is 0 Å². The van der Waals surface area contributed by atoms with Gasteiger partial charge in [-0.1, -0.05) is 39.8 Å². The molecule has 0 aliphatic heterocycles. The van der Waals surface area contributed by atoms with E-state index in [2.05, 4.69) is 33.0 Å². The van der Waals surface area contributed by atoms with Crippen LogP contribution in [0, 0.1) is 16.7 Å². The van der Waals surface area contributed by atoms with E-state index in [1.54, 1.807) is 18.2 Å². The Morgan fingerprint density at radius 2 is 1.80 bits per heavy atom. The molecule has 20 heavy (non-hydrogen) atoms. The molecule has 2 rings (SSSR count). The third-order valence-corrected chi connectivity index (χ3v) is 4.92. The molecule has 0 aromatic heterocycles. The topological polar surface area (TPSA) is 66.4 Å². The van der Waals surface area contributed by atoms with E-state index in [1.165, 1.54) is 0 Å². The zero-order chi connectivity index (χ0) is 15.1. The summed E-state index contributed by atoms with van der Waals surface area (Å²) in [5.41, 5.74) is 1.07. The molecule has 108 valence electrons. The van der Waals surface area contributed by atoms with Crippen molar-refractivity contribution >= 4 is 11.9 Å². The summed E-state index contributed by atoms with van der Waals surface area (Å²) >= 11 is 0. The summed E-state index contributed by atoms with van der Waals surface area (Å²) in [5.74, 6) is -0.902. The van der Waals surface area contributed by atoms with Gasteiger partial charge < -0.3 is 10.4 Å². The number of amides is 1. The van der Waals surface area contributed by atoms with Gasteiger partial charge in [-0.25, -0.2) is 4.79 Å². The Kier molecular flexibility index (Phi) is 3.36. The van der Waals surface area contributed by atoms with Gasteiger partial charge in [-0.05, 0) is 28.5 Å². The molecule has 1 aromatic carbocycles. The van der Waals surface area contributed by atoms with Gasteiger partial charge in [0.1, 0.15) is 0 Å². The summed E-state index contributed by atoms with van der Waals surface area (Å²) < 4.78 is 0. The maximum absolute atomic E-state index is 12.2. The highest BCUT2D eigenvalue weighted by atomic mass is 16.4. The minimum Gasteiger partial charge on any atom is -0.478 e. The van der Waals surface area contributed by atoms with E-state index in [-0.39, 0.29) is 28.2 Å². The number of carbonyl (C=O) groups excluding carboxylic acids is 1. The van der Waals surface area contributed by atoms with E-state index >= 15 is 0 Å². The first-order valence-electron chi connectivity index (χ1n) is 6.78. The molecule has 2 N–H and O–H groups in total. The first-order chi connectivity index (χ1) is 9.18. The SMILES string of the molecule is CC1(C)C(C(=O)NCc2cccc(C(=O)O)c2)C1(C)C. The van der Waals surface area contributed by atoms with Gasteiger partial charge in [0.05, 0.1) is 5.56 Å². The van der Waals surface area contributed by atoms with Crippen molar-refractivity contribution in [1.29, 1.82) is 0 Å². The summed E-state index contributed by atoms with van der Waals surface area (Å²) in [7, 11) is 0. The van der Waals surface area contributed by atoms with Gasteiger partial charge in [0.2, 0.25) is 5.91 Å². The van der Waals surface area contributed by atoms with E-state index in [4.69, 9.17) is 5.11 Å². The lowest BCUT2D eigenvalue weighted by Crippen LogP contribution is -2.27. The van der Waals surface area contributed by atoms with Crippen molar-refractivity contribution in [3.63, 3.8) is 0 Å². The normalized spacial score (nSPS) is 19.4. The lowest BCUT2D eigenvalue weighted by Gasteiger charge is -2.07. The molecule has 0 heterocycles. The van der Waals surface area contributed by atoms with E-state index in [9.17, 15) is 9.59 Å². The number of aromatic carboxylic acids is 1. The van der Waals surface area contributed by atoms with Crippen LogP contribution in [0.25, 0.3) is 0 Å². The predicted octanol–water partition coefficient (Wildman–Crippen LogP) is 2.68. The van der Waals surface area contributed by atoms with E-state index in [0.717, 1.165) is 5.56 Å². The molecule has 1 amide bonds. The Morgan fingerprint density at radius 1 is 1.20 bits per heavy atom. The van der Waals surface area contributed by atoms with E-state index in [1.807, 2.05) is 6.07 Å². The molecule has 0 bridgehead atoms. The molecule has 0 radical (unpaired) electrons. The fourth-order valence-corrected chi connectivity index (χ4v) is 2.96. The Hall–Kier alpha value is -1.84. The third kappa shape index (κ3) is 2.30. The molecule has 1 fully saturated rings. The van der Waals surface area contributed by atoms with Crippen LogP contribution in [0.5, 0.6) is 0 Å². The molecule has 4 heteroatoms. The lowest BCUT2D eigenvalue weighted by molar-refractivity contribution is -0.123. The highest BCUT2D eigenvalue weighted by Crippen LogP contribution is 2.68. The minimum atomic E-state index is -0.956. The standard InChI is InChI=1S/C16H21NO3/c1-15(2)12(16(15,3)4)13(18)17-9-10-6-5-7-11(8-10)14(19)20/h5-8,12H,9H2,1-4H3,(H,17,18)(H,19,20). The second kappa shape index (κ2) is 4.62. The van der Waals surface area contributed by atoms with Crippen LogP contribution in [0.3, 0.4) is 0 Å². The van der Waals surface area contributed by atoms with Crippen LogP contribution < -0.4 is 5.32 Å². The highest BCUT2D eigenvalue weighted by molar-refractivity contribution is 5.88. The highest BCUT2D eigenvalue weighted by Gasteiger charge is 2.68. The number of carboxylic acids is 1. The van der Waals surface area contributed by atoms with Gasteiger partial charge in [-0.2, -0.15) is 0 Å². The molecule has 0 saturated heterocycles. The van der Waals surface area contributed by atoms with Crippen LogP contribution >= 0.6 is 0 Å². The summed E-state index contributed by atoms with van der Waals surface area (Å²) in [6, 6.07) is 6.64. The largest absolute Gasteiger partial charge is 0.478 e. The second-order valence-corrected chi connectivity index (χ2v) is 6.60. The minimum absolute atomic E-state index is 0.0117. The monoisotopic (exact) mass is 275 g/mol. The van der Waals surface area contributed by atoms with Crippen molar-refractivity contribution in [2.24, 2.45) is 16.7 Å². The summed E-state index contributed by atoms with van der Waals surface area (Å²) in [6.45, 7) is 8.76. The number of nitrogens with one attached hydrogen (secondary N) is 1. The van der Waals surface area contributed by atoms with Crippen molar-refractivity contribution in [3.05, 3.63) is 35.4 Å². The molecule has 1 aliphatic carbocycles. The molecular weight excluding hydrogens is 254 g/mol. The number of rotatable bonds is 4. The number of benzene rings is 1. The molecule has 4 nitrogen and oxygen atoms in total. The Morgan fingerprint density at radius 3 is 2.30 bits per heavy atom. The zero-order valence-electron chi connectivity index (χ0n) is 12.4. The maximum Gasteiger partial charge on any atom is 0.335 e. The Balaban J connectivity index is 1.98. The first-order valence-corrected chi connectivity index (χ1v) is 6.78. The summed E-state index contributed by atoms with van der Waals surface area (Å²) in [4.78, 5) is 23.1. The van der Waals surface area contributed by atoms with Gasteiger partial charge in [0.25, 0.3) is 0 Å². The molecule has 0 spiro atoms. The van der Waals surface area contributed by atoms with Crippen LogP contribution in [0.15, 0.2) is 24.3 Å². The fourth-order valence-electron chi connectivity index (χ4n) is 2.96. The Labute approximate surface area is 119 Å². The molecule has 0 atom stereocenters. The lowest BCUT2D eigenvalue weighted by atomic mass is 10.0. The van der Waals surface area contributed by atoms with Crippen molar-refractivity contribution in [1.82, 2.24) is 5.32 Å². The maximum atomic E-state index is 12.2. The van der Waals surface area contributed by atoms with Gasteiger partial charge >= 0.3 is 5.97 Å². The Bertz CT molecular complexity index is 547. The van der Waals surface area contributed by atoms with Crippen LogP contribution in [0.1, 0.15) is 43.6 Å². The summed E-state index contributed by atoms with van der Waals surface area (Å²) in [6.07, 6.45) is 0. The van der Waals surface area contributed by atoms with Gasteiger partial charge in [-0.3, -0.25) is 4.79 Å². The van der Waals surface area contributed by atoms with Crippen molar-refractivity contribution < 1.29 is 14.7 Å². The zero-order valence-corrected chi connectivity index (χ0v) is 12.4. The van der Waals surface area contributed by atoms with Gasteiger partial charge in [0.15, 0.2) is 0 Å². The fraction of sp³-hybridized carbons (Fsp3) is 0.500. The number of carboxylic acid groups (broad SMARTS) is 1. The average Bonchev–Trinajstić information content (AvgIpc) is 2.77. The van der Waals surface area contributed by atoms with Crippen molar-refractivity contribution in [3.8, 4) is 0 Å². The van der Waals surface area contributed by atoms with Crippen molar-refractivity contribution in [2.75, 3.05) is 0 Å². The van der Waals surface area contributed by atoms with E-state index in [0.29, 0.717) is 6.54 Å². The third-order valence-electron chi connectivity index (χ3n) is 4.92. The molecule has 1 saturated carbocycles. The second-order valence-electron chi connectivity index (χ2n) is 6.60. The van der Waals surface area contributed by atoms with Crippen molar-refractivity contribution in [2.45, 2.75) is 34.2 Å². The predicted molar refractivity (Wildman–Crippen MR) is 76.3 cm³/mol. The van der Waals surface area contributed by atoms with Gasteiger partial charge in [0, 0.05) is 12.5 Å². The average molecular weight is 275 g/mol. The van der Waals surface area contributed by atoms with Crippen LogP contribution in [-0.4, -0.2) is 17.0 Å². The molecule has 0 unspecified atom stereocenters.